The van der Waals surface area contributed by atoms with Gasteiger partial charge in [-0.2, -0.15) is 0 Å². The average molecular weight is 300 g/mol. The van der Waals surface area contributed by atoms with Crippen molar-refractivity contribution in [2.75, 3.05) is 14.2 Å². The molecular formula is C15H24O6. The quantitative estimate of drug-likeness (QED) is 0.358. The zero-order valence-electron chi connectivity index (χ0n) is 12.7. The molecule has 0 bridgehead atoms. The summed E-state index contributed by atoms with van der Waals surface area (Å²) in [4.78, 5) is 33.4. The molecule has 0 saturated heterocycles. The van der Waals surface area contributed by atoms with Crippen LogP contribution in [0.25, 0.3) is 0 Å². The molecule has 6 nitrogen and oxygen atoms in total. The Hall–Kier alpha value is -1.85. The first-order valence-corrected chi connectivity index (χ1v) is 7.00. The number of carboxylic acids is 1. The molecule has 0 aromatic heterocycles. The molecule has 0 aliphatic heterocycles. The highest BCUT2D eigenvalue weighted by Gasteiger charge is 2.27. The first-order chi connectivity index (χ1) is 9.93. The van der Waals surface area contributed by atoms with E-state index in [2.05, 4.69) is 16.1 Å². The smallest absolute Gasteiger partial charge is 0.334 e. The van der Waals surface area contributed by atoms with Crippen LogP contribution in [0.5, 0.6) is 0 Å². The van der Waals surface area contributed by atoms with Crippen LogP contribution in [0.1, 0.15) is 44.9 Å². The molecule has 0 spiro atoms. The third-order valence-corrected chi connectivity index (χ3v) is 3.24. The maximum atomic E-state index is 11.7. The summed E-state index contributed by atoms with van der Waals surface area (Å²) in [5.41, 5.74) is 0.107. The fourth-order valence-electron chi connectivity index (χ4n) is 2.00. The molecule has 0 saturated carbocycles. The minimum Gasteiger partial charge on any atom is -0.481 e. The summed E-state index contributed by atoms with van der Waals surface area (Å²) in [6.07, 6.45) is 4.65. The number of carbonyl (C=O) groups is 3. The van der Waals surface area contributed by atoms with Crippen molar-refractivity contribution in [3.8, 4) is 0 Å². The normalized spacial score (nSPS) is 11.5. The number of ether oxygens (including phenoxy) is 2. The van der Waals surface area contributed by atoms with Gasteiger partial charge in [0.1, 0.15) is 0 Å². The lowest BCUT2D eigenvalue weighted by Crippen LogP contribution is -2.23. The van der Waals surface area contributed by atoms with Gasteiger partial charge in [-0.25, -0.2) is 4.79 Å². The van der Waals surface area contributed by atoms with Gasteiger partial charge in [-0.3, -0.25) is 9.59 Å². The zero-order chi connectivity index (χ0) is 16.3. The molecule has 1 N–H and O–H groups in total. The lowest BCUT2D eigenvalue weighted by molar-refractivity contribution is -0.147. The molecule has 1 atom stereocenters. The molecule has 0 aliphatic carbocycles. The molecule has 0 heterocycles. The Labute approximate surface area is 125 Å². The fraction of sp³-hybridized carbons (Fsp3) is 0.667. The van der Waals surface area contributed by atoms with Gasteiger partial charge in [0, 0.05) is 12.0 Å². The number of methoxy groups -OCH3 is 2. The molecule has 120 valence electrons. The molecule has 0 amide bonds. The van der Waals surface area contributed by atoms with Crippen molar-refractivity contribution < 1.29 is 29.0 Å². The number of carbonyl (C=O) groups excluding carboxylic acids is 2. The minimum atomic E-state index is -0.782. The molecule has 21 heavy (non-hydrogen) atoms. The fourth-order valence-corrected chi connectivity index (χ4v) is 2.00. The van der Waals surface area contributed by atoms with Gasteiger partial charge in [-0.1, -0.05) is 32.3 Å². The Morgan fingerprint density at radius 1 is 1.00 bits per heavy atom. The Balaban J connectivity index is 4.09. The van der Waals surface area contributed by atoms with E-state index in [9.17, 15) is 14.4 Å². The van der Waals surface area contributed by atoms with Gasteiger partial charge in [0.05, 0.1) is 20.1 Å². The van der Waals surface area contributed by atoms with Crippen molar-refractivity contribution in [3.63, 3.8) is 0 Å². The van der Waals surface area contributed by atoms with Crippen molar-refractivity contribution in [2.45, 2.75) is 44.9 Å². The lowest BCUT2D eigenvalue weighted by atomic mass is 9.93. The number of hydrogen-bond donors (Lipinski definition) is 1. The largest absolute Gasteiger partial charge is 0.481 e. The van der Waals surface area contributed by atoms with Crippen molar-refractivity contribution in [3.05, 3.63) is 12.2 Å². The molecule has 0 aliphatic rings. The van der Waals surface area contributed by atoms with Crippen molar-refractivity contribution in [2.24, 2.45) is 5.92 Å². The molecule has 0 rings (SSSR count). The van der Waals surface area contributed by atoms with E-state index in [4.69, 9.17) is 5.11 Å². The van der Waals surface area contributed by atoms with Crippen LogP contribution in [0.4, 0.5) is 0 Å². The Kier molecular flexibility index (Phi) is 9.92. The van der Waals surface area contributed by atoms with Gasteiger partial charge in [-0.05, 0) is 12.8 Å². The van der Waals surface area contributed by atoms with Crippen LogP contribution in [0.2, 0.25) is 0 Å². The first-order valence-electron chi connectivity index (χ1n) is 7.00. The van der Waals surface area contributed by atoms with Crippen LogP contribution >= 0.6 is 0 Å². The topological polar surface area (TPSA) is 89.9 Å². The summed E-state index contributed by atoms with van der Waals surface area (Å²) in [5.74, 6) is -2.56. The van der Waals surface area contributed by atoms with Gasteiger partial charge in [-0.15, -0.1) is 0 Å². The maximum Gasteiger partial charge on any atom is 0.334 e. The number of unbranched alkanes of at least 4 members (excludes halogenated alkanes) is 4. The van der Waals surface area contributed by atoms with E-state index < -0.39 is 23.8 Å². The predicted octanol–water partition coefficient (Wildman–Crippen LogP) is 2.32. The van der Waals surface area contributed by atoms with E-state index in [0.29, 0.717) is 12.8 Å². The Bertz CT molecular complexity index is 374. The van der Waals surface area contributed by atoms with Crippen molar-refractivity contribution >= 4 is 17.9 Å². The second-order valence-electron chi connectivity index (χ2n) is 4.79. The van der Waals surface area contributed by atoms with E-state index in [1.54, 1.807) is 0 Å². The first kappa shape index (κ1) is 19.1. The number of carboxylic acid groups (broad SMARTS) is 1. The molecular weight excluding hydrogens is 276 g/mol. The van der Waals surface area contributed by atoms with Crippen molar-refractivity contribution in [1.29, 1.82) is 0 Å². The maximum absolute atomic E-state index is 11.7. The van der Waals surface area contributed by atoms with E-state index in [1.165, 1.54) is 14.2 Å². The highest BCUT2D eigenvalue weighted by Crippen LogP contribution is 2.21. The highest BCUT2D eigenvalue weighted by molar-refractivity contribution is 5.94. The second kappa shape index (κ2) is 10.9. The third-order valence-electron chi connectivity index (χ3n) is 3.24. The summed E-state index contributed by atoms with van der Waals surface area (Å²) in [6.45, 7) is 3.60. The van der Waals surface area contributed by atoms with Gasteiger partial charge in [0.2, 0.25) is 0 Å². The Morgan fingerprint density at radius 2 is 1.57 bits per heavy atom. The van der Waals surface area contributed by atoms with Crippen LogP contribution in [-0.4, -0.2) is 37.2 Å². The van der Waals surface area contributed by atoms with Gasteiger partial charge in [0.15, 0.2) is 0 Å². The number of esters is 2. The summed E-state index contributed by atoms with van der Waals surface area (Å²) in [6, 6.07) is 0. The van der Waals surface area contributed by atoms with Gasteiger partial charge < -0.3 is 14.6 Å². The zero-order valence-corrected chi connectivity index (χ0v) is 12.7. The summed E-state index contributed by atoms with van der Waals surface area (Å²) >= 11 is 0. The SMILES string of the molecule is C=C(C(=O)OC)[C@@H](CCCCCCCC(=O)O)C(=O)OC. The van der Waals surface area contributed by atoms with Crippen LogP contribution < -0.4 is 0 Å². The lowest BCUT2D eigenvalue weighted by Gasteiger charge is -2.15. The monoisotopic (exact) mass is 300 g/mol. The number of hydrogen-bond acceptors (Lipinski definition) is 5. The number of rotatable bonds is 11. The van der Waals surface area contributed by atoms with E-state index in [0.717, 1.165) is 25.7 Å². The molecule has 0 fully saturated rings. The standard InChI is InChI=1S/C15H24O6/c1-11(14(18)20-2)12(15(19)21-3)9-7-5-4-6-8-10-13(16)17/h12H,1,4-10H2,2-3H3,(H,16,17)/t12-/m1/s1. The van der Waals surface area contributed by atoms with E-state index >= 15 is 0 Å². The second-order valence-corrected chi connectivity index (χ2v) is 4.79. The molecule has 0 aromatic rings. The van der Waals surface area contributed by atoms with E-state index in [-0.39, 0.29) is 12.0 Å². The van der Waals surface area contributed by atoms with Crippen molar-refractivity contribution in [1.82, 2.24) is 0 Å². The molecule has 0 unspecified atom stereocenters. The van der Waals surface area contributed by atoms with Gasteiger partial charge in [0.25, 0.3) is 0 Å². The van der Waals surface area contributed by atoms with E-state index in [1.807, 2.05) is 0 Å². The van der Waals surface area contributed by atoms with Gasteiger partial charge >= 0.3 is 17.9 Å². The molecule has 0 radical (unpaired) electrons. The predicted molar refractivity (Wildman–Crippen MR) is 76.6 cm³/mol. The number of aliphatic carboxylic acids is 1. The third kappa shape index (κ3) is 8.12. The summed E-state index contributed by atoms with van der Waals surface area (Å²) in [7, 11) is 2.51. The average Bonchev–Trinajstić information content (AvgIpc) is 2.47. The summed E-state index contributed by atoms with van der Waals surface area (Å²) in [5, 5.41) is 8.51. The van der Waals surface area contributed by atoms with Crippen LogP contribution in [0, 0.1) is 5.92 Å². The van der Waals surface area contributed by atoms with Crippen LogP contribution in [-0.2, 0) is 23.9 Å². The Morgan fingerprint density at radius 3 is 2.10 bits per heavy atom. The van der Waals surface area contributed by atoms with Crippen LogP contribution in [0.3, 0.4) is 0 Å². The molecule has 6 heteroatoms. The highest BCUT2D eigenvalue weighted by atomic mass is 16.5. The van der Waals surface area contributed by atoms with Crippen LogP contribution in [0.15, 0.2) is 12.2 Å². The summed E-state index contributed by atoms with van der Waals surface area (Å²) < 4.78 is 9.24. The minimum absolute atomic E-state index is 0.107. The molecule has 0 aromatic carbocycles.